The van der Waals surface area contributed by atoms with E-state index in [0.29, 0.717) is 24.2 Å². The number of carbonyl (C=O) groups excluding carboxylic acids is 1. The van der Waals surface area contributed by atoms with Crippen LogP contribution in [-0.4, -0.2) is 20.7 Å². The largest absolute Gasteiger partial charge is 0.469 e. The molecule has 0 fully saturated rings. The second-order valence-corrected chi connectivity index (χ2v) is 4.46. The van der Waals surface area contributed by atoms with Crippen LogP contribution in [0, 0.1) is 0 Å². The number of hydrogen-bond acceptors (Lipinski definition) is 4. The molecule has 0 aliphatic carbocycles. The van der Waals surface area contributed by atoms with E-state index in [1.54, 1.807) is 19.4 Å². The maximum Gasteiger partial charge on any atom is 0.225 e. The van der Waals surface area contributed by atoms with E-state index in [9.17, 15) is 4.79 Å². The van der Waals surface area contributed by atoms with Gasteiger partial charge in [-0.05, 0) is 12.1 Å². The number of thiocarbonyl (C=S) groups is 1. The van der Waals surface area contributed by atoms with Gasteiger partial charge in [-0.1, -0.05) is 12.2 Å². The molecular formula is C12H14N4O2S. The molecule has 0 aliphatic rings. The molecule has 7 heteroatoms. The summed E-state index contributed by atoms with van der Waals surface area (Å²) in [6.07, 6.45) is 3.97. The first-order valence-corrected chi connectivity index (χ1v) is 6.13. The molecule has 2 rings (SSSR count). The lowest BCUT2D eigenvalue weighted by atomic mass is 10.2. The topological polar surface area (TPSA) is 86.1 Å². The molecule has 0 saturated heterocycles. The first-order valence-electron chi connectivity index (χ1n) is 5.72. The third kappa shape index (κ3) is 3.19. The maximum atomic E-state index is 11.9. The molecule has 0 bridgehead atoms. The van der Waals surface area contributed by atoms with Crippen LogP contribution in [0.1, 0.15) is 17.7 Å². The van der Waals surface area contributed by atoms with Gasteiger partial charge in [0.25, 0.3) is 0 Å². The third-order valence-electron chi connectivity index (χ3n) is 2.64. The Balaban J connectivity index is 1.99. The molecule has 19 heavy (non-hydrogen) atoms. The van der Waals surface area contributed by atoms with Crippen molar-refractivity contribution in [1.82, 2.24) is 9.78 Å². The quantitative estimate of drug-likeness (QED) is 0.803. The van der Waals surface area contributed by atoms with E-state index in [1.165, 1.54) is 10.9 Å². The van der Waals surface area contributed by atoms with Gasteiger partial charge in [0.1, 0.15) is 16.6 Å². The zero-order valence-electron chi connectivity index (χ0n) is 10.4. The molecule has 1 amide bonds. The molecule has 0 unspecified atom stereocenters. The van der Waals surface area contributed by atoms with E-state index in [-0.39, 0.29) is 10.9 Å². The van der Waals surface area contributed by atoms with E-state index in [0.717, 1.165) is 5.76 Å². The van der Waals surface area contributed by atoms with Crippen LogP contribution < -0.4 is 11.1 Å². The van der Waals surface area contributed by atoms with Crippen molar-refractivity contribution in [3.63, 3.8) is 0 Å². The van der Waals surface area contributed by atoms with Crippen molar-refractivity contribution in [1.29, 1.82) is 0 Å². The lowest BCUT2D eigenvalue weighted by molar-refractivity contribution is -0.116. The van der Waals surface area contributed by atoms with Crippen LogP contribution in [0.5, 0.6) is 0 Å². The van der Waals surface area contributed by atoms with Crippen molar-refractivity contribution in [2.45, 2.75) is 12.8 Å². The van der Waals surface area contributed by atoms with Crippen molar-refractivity contribution in [2.75, 3.05) is 5.32 Å². The number of nitrogens with two attached hydrogens (primary N) is 1. The van der Waals surface area contributed by atoms with Crippen LogP contribution in [0.15, 0.2) is 29.0 Å². The average Bonchev–Trinajstić information content (AvgIpc) is 2.98. The monoisotopic (exact) mass is 278 g/mol. The first kappa shape index (κ1) is 13.3. The fourth-order valence-corrected chi connectivity index (χ4v) is 1.80. The summed E-state index contributed by atoms with van der Waals surface area (Å²) in [5.41, 5.74) is 6.13. The van der Waals surface area contributed by atoms with Gasteiger partial charge in [-0.2, -0.15) is 5.10 Å². The summed E-state index contributed by atoms with van der Waals surface area (Å²) in [5, 5.41) is 6.77. The number of nitrogens with zero attached hydrogens (tertiary/aromatic N) is 2. The molecule has 0 saturated carbocycles. The first-order chi connectivity index (χ1) is 9.08. The molecule has 0 aliphatic heterocycles. The maximum absolute atomic E-state index is 11.9. The third-order valence-corrected chi connectivity index (χ3v) is 2.86. The lowest BCUT2D eigenvalue weighted by Crippen LogP contribution is -2.19. The molecule has 0 radical (unpaired) electrons. The molecule has 3 N–H and O–H groups in total. The summed E-state index contributed by atoms with van der Waals surface area (Å²) >= 11 is 4.90. The highest BCUT2D eigenvalue weighted by Gasteiger charge is 2.13. The van der Waals surface area contributed by atoms with E-state index >= 15 is 0 Å². The van der Waals surface area contributed by atoms with E-state index in [1.807, 2.05) is 6.07 Å². The van der Waals surface area contributed by atoms with Crippen molar-refractivity contribution >= 4 is 28.9 Å². The van der Waals surface area contributed by atoms with Gasteiger partial charge in [-0.25, -0.2) is 0 Å². The fourth-order valence-electron chi connectivity index (χ4n) is 1.65. The van der Waals surface area contributed by atoms with Crippen molar-refractivity contribution in [3.05, 3.63) is 35.9 Å². The molecule has 0 atom stereocenters. The highest BCUT2D eigenvalue weighted by atomic mass is 32.1. The zero-order chi connectivity index (χ0) is 13.8. The smallest absolute Gasteiger partial charge is 0.225 e. The standard InChI is InChI=1S/C12H14N4O2S/c1-16-12(9(7-14-16)11(13)19)15-10(17)5-4-8-3-2-6-18-8/h2-3,6-7H,4-5H2,1H3,(H2,13,19)(H,15,17). The highest BCUT2D eigenvalue weighted by Crippen LogP contribution is 2.14. The lowest BCUT2D eigenvalue weighted by Gasteiger charge is -2.07. The highest BCUT2D eigenvalue weighted by molar-refractivity contribution is 7.80. The summed E-state index contributed by atoms with van der Waals surface area (Å²) in [4.78, 5) is 12.1. The van der Waals surface area contributed by atoms with Gasteiger partial charge >= 0.3 is 0 Å². The number of hydrogen-bond donors (Lipinski definition) is 2. The Labute approximate surface area is 115 Å². The van der Waals surface area contributed by atoms with Gasteiger partial charge in [-0.15, -0.1) is 0 Å². The second-order valence-electron chi connectivity index (χ2n) is 4.02. The number of amides is 1. The van der Waals surface area contributed by atoms with Crippen LogP contribution >= 0.6 is 12.2 Å². The van der Waals surface area contributed by atoms with Crippen LogP contribution in [-0.2, 0) is 18.3 Å². The van der Waals surface area contributed by atoms with E-state index in [4.69, 9.17) is 22.4 Å². The summed E-state index contributed by atoms with van der Waals surface area (Å²) < 4.78 is 6.69. The summed E-state index contributed by atoms with van der Waals surface area (Å²) in [7, 11) is 1.71. The van der Waals surface area contributed by atoms with Gasteiger partial charge in [0.2, 0.25) is 5.91 Å². The molecule has 6 nitrogen and oxygen atoms in total. The SMILES string of the molecule is Cn1ncc(C(N)=S)c1NC(=O)CCc1ccco1. The Bertz CT molecular complexity index is 589. The van der Waals surface area contributed by atoms with Crippen molar-refractivity contribution in [3.8, 4) is 0 Å². The number of anilines is 1. The fraction of sp³-hybridized carbons (Fsp3) is 0.250. The number of nitrogens with one attached hydrogen (secondary N) is 1. The Kier molecular flexibility index (Phi) is 3.96. The van der Waals surface area contributed by atoms with Gasteiger partial charge < -0.3 is 15.5 Å². The number of furan rings is 1. The van der Waals surface area contributed by atoms with Gasteiger partial charge in [0.15, 0.2) is 0 Å². The molecule has 100 valence electrons. The van der Waals surface area contributed by atoms with Crippen LogP contribution in [0.2, 0.25) is 0 Å². The minimum atomic E-state index is -0.141. The Morgan fingerprint density at radius 1 is 1.63 bits per heavy atom. The molecule has 2 aromatic rings. The molecule has 2 aromatic heterocycles. The van der Waals surface area contributed by atoms with Gasteiger partial charge in [-0.3, -0.25) is 9.48 Å². The predicted octanol–water partition coefficient (Wildman–Crippen LogP) is 1.22. The van der Waals surface area contributed by atoms with Crippen LogP contribution in [0.4, 0.5) is 5.82 Å². The minimum absolute atomic E-state index is 0.141. The summed E-state index contributed by atoms with van der Waals surface area (Å²) in [6, 6.07) is 3.62. The number of carbonyl (C=O) groups is 1. The Morgan fingerprint density at radius 3 is 3.05 bits per heavy atom. The van der Waals surface area contributed by atoms with E-state index < -0.39 is 0 Å². The number of rotatable bonds is 5. The number of aryl methyl sites for hydroxylation is 2. The normalized spacial score (nSPS) is 10.4. The Hall–Kier alpha value is -2.15. The zero-order valence-corrected chi connectivity index (χ0v) is 11.2. The van der Waals surface area contributed by atoms with Crippen molar-refractivity contribution < 1.29 is 9.21 Å². The Morgan fingerprint density at radius 2 is 2.42 bits per heavy atom. The number of aromatic nitrogens is 2. The summed E-state index contributed by atoms with van der Waals surface area (Å²) in [5.74, 6) is 1.14. The average molecular weight is 278 g/mol. The van der Waals surface area contributed by atoms with Crippen LogP contribution in [0.3, 0.4) is 0 Å². The predicted molar refractivity (Wildman–Crippen MR) is 74.8 cm³/mol. The second kappa shape index (κ2) is 5.66. The molecule has 2 heterocycles. The van der Waals surface area contributed by atoms with Gasteiger partial charge in [0.05, 0.1) is 18.0 Å². The van der Waals surface area contributed by atoms with E-state index in [2.05, 4.69) is 10.4 Å². The summed E-state index contributed by atoms with van der Waals surface area (Å²) in [6.45, 7) is 0. The molecule has 0 spiro atoms. The van der Waals surface area contributed by atoms with Crippen LogP contribution in [0.25, 0.3) is 0 Å². The van der Waals surface area contributed by atoms with Crippen molar-refractivity contribution in [2.24, 2.45) is 12.8 Å². The molecule has 0 aromatic carbocycles. The minimum Gasteiger partial charge on any atom is -0.469 e. The van der Waals surface area contributed by atoms with Gasteiger partial charge in [0, 0.05) is 19.9 Å². The molecular weight excluding hydrogens is 264 g/mol.